The molecule has 0 bridgehead atoms. The molecule has 2 aromatic rings. The Kier molecular flexibility index (Phi) is 4.62. The molecular weight excluding hydrogens is 314 g/mol. The van der Waals surface area contributed by atoms with E-state index in [1.54, 1.807) is 19.1 Å². The number of amides is 1. The zero-order valence-corrected chi connectivity index (χ0v) is 14.8. The molecule has 0 radical (unpaired) electrons. The fourth-order valence-corrected chi connectivity index (χ4v) is 3.05. The lowest BCUT2D eigenvalue weighted by atomic mass is 9.89. The third-order valence-corrected chi connectivity index (χ3v) is 4.91. The van der Waals surface area contributed by atoms with Crippen molar-refractivity contribution in [2.75, 3.05) is 5.32 Å². The van der Waals surface area contributed by atoms with E-state index in [0.717, 1.165) is 12.0 Å². The third kappa shape index (κ3) is 3.43. The van der Waals surface area contributed by atoms with Gasteiger partial charge in [0.05, 0.1) is 5.56 Å². The number of anilines is 1. The summed E-state index contributed by atoms with van der Waals surface area (Å²) in [5.74, 6) is -0.281. The highest BCUT2D eigenvalue weighted by molar-refractivity contribution is 6.02. The molecule has 0 saturated carbocycles. The minimum atomic E-state index is -1.21. The summed E-state index contributed by atoms with van der Waals surface area (Å²) in [6.07, 6.45) is 1.44. The van der Waals surface area contributed by atoms with Crippen LogP contribution in [0.4, 0.5) is 5.69 Å². The van der Waals surface area contributed by atoms with Crippen LogP contribution in [0.15, 0.2) is 48.5 Å². The summed E-state index contributed by atoms with van der Waals surface area (Å²) in [6.45, 7) is 5.98. The van der Waals surface area contributed by atoms with E-state index in [-0.39, 0.29) is 5.91 Å². The van der Waals surface area contributed by atoms with Gasteiger partial charge in [-0.05, 0) is 48.6 Å². The Bertz CT molecular complexity index is 797. The number of nitrogens with one attached hydrogen (secondary N) is 1. The number of ether oxygens (including phenoxy) is 1. The van der Waals surface area contributed by atoms with Gasteiger partial charge in [-0.15, -0.1) is 0 Å². The lowest BCUT2D eigenvalue weighted by Crippen LogP contribution is -2.48. The number of carbonyl (C=O) groups is 2. The Balaban J connectivity index is 1.76. The molecule has 3 rings (SSSR count). The van der Waals surface area contributed by atoms with Gasteiger partial charge in [0.15, 0.2) is 5.60 Å². The molecule has 130 valence electrons. The van der Waals surface area contributed by atoms with Crippen molar-refractivity contribution in [1.82, 2.24) is 0 Å². The highest BCUT2D eigenvalue weighted by Crippen LogP contribution is 2.29. The Hall–Kier alpha value is -2.62. The van der Waals surface area contributed by atoms with Crippen molar-refractivity contribution in [3.8, 4) is 0 Å². The molecule has 1 amide bonds. The molecule has 4 nitrogen and oxygen atoms in total. The van der Waals surface area contributed by atoms with Crippen molar-refractivity contribution in [2.45, 2.75) is 45.1 Å². The monoisotopic (exact) mass is 337 g/mol. The first-order chi connectivity index (χ1) is 11.9. The van der Waals surface area contributed by atoms with E-state index < -0.39 is 11.6 Å². The first-order valence-electron chi connectivity index (χ1n) is 8.65. The summed E-state index contributed by atoms with van der Waals surface area (Å²) in [6, 6.07) is 15.1. The quantitative estimate of drug-likeness (QED) is 0.846. The van der Waals surface area contributed by atoms with Crippen LogP contribution < -0.4 is 5.32 Å². The van der Waals surface area contributed by atoms with Crippen LogP contribution in [-0.4, -0.2) is 17.5 Å². The van der Waals surface area contributed by atoms with E-state index in [1.807, 2.05) is 36.4 Å². The maximum atomic E-state index is 12.7. The summed E-state index contributed by atoms with van der Waals surface area (Å²) >= 11 is 0. The normalized spacial score (nSPS) is 20.4. The smallest absolute Gasteiger partial charge is 0.339 e. The molecule has 0 fully saturated rings. The van der Waals surface area contributed by atoms with Gasteiger partial charge in [0.2, 0.25) is 0 Å². The first-order valence-corrected chi connectivity index (χ1v) is 8.65. The van der Waals surface area contributed by atoms with Crippen molar-refractivity contribution >= 4 is 17.6 Å². The number of esters is 1. The van der Waals surface area contributed by atoms with Gasteiger partial charge in [0, 0.05) is 12.1 Å². The predicted octanol–water partition coefficient (Wildman–Crippen LogP) is 4.31. The molecule has 1 aliphatic rings. The van der Waals surface area contributed by atoms with Gasteiger partial charge >= 0.3 is 5.97 Å². The van der Waals surface area contributed by atoms with Crippen LogP contribution in [0.5, 0.6) is 0 Å². The average Bonchev–Trinajstić information content (AvgIpc) is 2.61. The van der Waals surface area contributed by atoms with E-state index >= 15 is 0 Å². The molecule has 0 aromatic heterocycles. The zero-order valence-electron chi connectivity index (χ0n) is 14.8. The van der Waals surface area contributed by atoms with E-state index in [1.165, 1.54) is 5.56 Å². The summed E-state index contributed by atoms with van der Waals surface area (Å²) in [5, 5.41) is 2.87. The third-order valence-electron chi connectivity index (χ3n) is 4.91. The summed E-state index contributed by atoms with van der Waals surface area (Å²) < 4.78 is 5.46. The number of cyclic esters (lactones) is 1. The molecule has 2 aromatic carbocycles. The molecule has 1 heterocycles. The second kappa shape index (κ2) is 6.71. The molecule has 0 saturated heterocycles. The summed E-state index contributed by atoms with van der Waals surface area (Å²) in [5.41, 5.74) is 2.10. The Morgan fingerprint density at radius 1 is 1.20 bits per heavy atom. The standard InChI is InChI=1S/C21H23NO3/c1-4-14(2)15-9-11-17(12-10-15)22-20(24)21(3)13-16-7-5-6-8-18(16)19(23)25-21/h5-12,14H,4,13H2,1-3H3,(H,22,24)/t14-,21-/m1/s1. The van der Waals surface area contributed by atoms with Crippen molar-refractivity contribution in [3.05, 3.63) is 65.2 Å². The van der Waals surface area contributed by atoms with Gasteiger partial charge in [-0.1, -0.05) is 44.2 Å². The van der Waals surface area contributed by atoms with Gasteiger partial charge < -0.3 is 10.1 Å². The van der Waals surface area contributed by atoms with Crippen LogP contribution in [0.1, 0.15) is 54.6 Å². The molecule has 1 N–H and O–H groups in total. The highest BCUT2D eigenvalue weighted by atomic mass is 16.6. The molecule has 1 aliphatic heterocycles. The first kappa shape index (κ1) is 17.2. The van der Waals surface area contributed by atoms with Gasteiger partial charge in [-0.25, -0.2) is 4.79 Å². The van der Waals surface area contributed by atoms with Crippen molar-refractivity contribution in [2.24, 2.45) is 0 Å². The molecular formula is C21H23NO3. The second-order valence-corrected chi connectivity index (χ2v) is 6.84. The van der Waals surface area contributed by atoms with Crippen LogP contribution in [-0.2, 0) is 16.0 Å². The SMILES string of the molecule is CC[C@@H](C)c1ccc(NC(=O)[C@@]2(C)Cc3ccccc3C(=O)O2)cc1. The molecule has 4 heteroatoms. The predicted molar refractivity (Wildman–Crippen MR) is 97.7 cm³/mol. The Morgan fingerprint density at radius 3 is 2.56 bits per heavy atom. The van der Waals surface area contributed by atoms with Gasteiger partial charge in [0.25, 0.3) is 5.91 Å². The van der Waals surface area contributed by atoms with E-state index in [0.29, 0.717) is 23.6 Å². The largest absolute Gasteiger partial charge is 0.445 e. The topological polar surface area (TPSA) is 55.4 Å². The number of benzene rings is 2. The van der Waals surface area contributed by atoms with Crippen molar-refractivity contribution in [3.63, 3.8) is 0 Å². The number of hydrogen-bond donors (Lipinski definition) is 1. The summed E-state index contributed by atoms with van der Waals surface area (Å²) in [7, 11) is 0. The molecule has 0 spiro atoms. The van der Waals surface area contributed by atoms with Gasteiger partial charge in [0.1, 0.15) is 0 Å². The van der Waals surface area contributed by atoms with Crippen molar-refractivity contribution in [1.29, 1.82) is 0 Å². The fraction of sp³-hybridized carbons (Fsp3) is 0.333. The van der Waals surface area contributed by atoms with Crippen LogP contribution in [0.3, 0.4) is 0 Å². The average molecular weight is 337 g/mol. The molecule has 2 atom stereocenters. The lowest BCUT2D eigenvalue weighted by Gasteiger charge is -2.33. The number of hydrogen-bond acceptors (Lipinski definition) is 3. The van der Waals surface area contributed by atoms with Crippen LogP contribution in [0.25, 0.3) is 0 Å². The summed E-state index contributed by atoms with van der Waals surface area (Å²) in [4.78, 5) is 24.9. The van der Waals surface area contributed by atoms with Crippen molar-refractivity contribution < 1.29 is 14.3 Å². The maximum absolute atomic E-state index is 12.7. The number of carbonyl (C=O) groups excluding carboxylic acids is 2. The van der Waals surface area contributed by atoms with Crippen LogP contribution in [0, 0.1) is 0 Å². The minimum absolute atomic E-state index is 0.313. The van der Waals surface area contributed by atoms with Crippen LogP contribution in [0.2, 0.25) is 0 Å². The van der Waals surface area contributed by atoms with E-state index in [2.05, 4.69) is 19.2 Å². The number of fused-ring (bicyclic) bond motifs is 1. The Morgan fingerprint density at radius 2 is 1.88 bits per heavy atom. The fourth-order valence-electron chi connectivity index (χ4n) is 3.05. The molecule has 0 aliphatic carbocycles. The van der Waals surface area contributed by atoms with E-state index in [9.17, 15) is 9.59 Å². The van der Waals surface area contributed by atoms with Gasteiger partial charge in [-0.3, -0.25) is 4.79 Å². The Labute approximate surface area is 148 Å². The van der Waals surface area contributed by atoms with Gasteiger partial charge in [-0.2, -0.15) is 0 Å². The van der Waals surface area contributed by atoms with E-state index in [4.69, 9.17) is 4.74 Å². The number of rotatable bonds is 4. The molecule has 0 unspecified atom stereocenters. The maximum Gasteiger partial charge on any atom is 0.339 e. The lowest BCUT2D eigenvalue weighted by molar-refractivity contribution is -0.134. The molecule has 25 heavy (non-hydrogen) atoms. The van der Waals surface area contributed by atoms with Crippen LogP contribution >= 0.6 is 0 Å². The minimum Gasteiger partial charge on any atom is -0.445 e. The second-order valence-electron chi connectivity index (χ2n) is 6.84. The highest BCUT2D eigenvalue weighted by Gasteiger charge is 2.42. The zero-order chi connectivity index (χ0) is 18.0.